The van der Waals surface area contributed by atoms with Gasteiger partial charge in [-0.05, 0) is 70.0 Å². The molecule has 2 aliphatic rings. The second-order valence-electron chi connectivity index (χ2n) is 7.94. The lowest BCUT2D eigenvalue weighted by atomic mass is 9.75. The number of piperidine rings is 1. The first-order valence-corrected chi connectivity index (χ1v) is 11.8. The number of hydrogen-bond donors (Lipinski definition) is 1. The number of fused-ring (bicyclic) bond motifs is 2. The van der Waals surface area contributed by atoms with Crippen LogP contribution >= 0.6 is 0 Å². The number of carbonyl (C=O) groups excluding carboxylic acids is 1. The molecule has 3 atom stereocenters. The zero-order valence-corrected chi connectivity index (χ0v) is 18.0. The first-order valence-electron chi connectivity index (χ1n) is 10.2. The molecule has 1 aliphatic carbocycles. The van der Waals surface area contributed by atoms with Crippen LogP contribution in [-0.2, 0) is 17.2 Å². The van der Waals surface area contributed by atoms with Crippen molar-refractivity contribution < 1.29 is 9.00 Å². The highest BCUT2D eigenvalue weighted by atomic mass is 32.2. The third-order valence-corrected chi connectivity index (χ3v) is 7.46. The van der Waals surface area contributed by atoms with Gasteiger partial charge in [-0.1, -0.05) is 0 Å². The molecule has 1 N–H and O–H groups in total. The fraction of sp³-hybridized carbons (Fsp3) is 0.571. The highest BCUT2D eigenvalue weighted by Crippen LogP contribution is 2.45. The Morgan fingerprint density at radius 1 is 1.32 bits per heavy atom. The molecule has 4 rings (SSSR count). The summed E-state index contributed by atoms with van der Waals surface area (Å²) in [7, 11) is 1.17. The Bertz CT molecular complexity index is 934. The van der Waals surface area contributed by atoms with Crippen LogP contribution in [-0.4, -0.2) is 63.7 Å². The van der Waals surface area contributed by atoms with E-state index in [1.807, 2.05) is 30.7 Å². The molecule has 6 nitrogen and oxygen atoms in total. The van der Waals surface area contributed by atoms with E-state index in [1.165, 1.54) is 22.9 Å². The fourth-order valence-corrected chi connectivity index (χ4v) is 5.88. The van der Waals surface area contributed by atoms with Gasteiger partial charge in [0.1, 0.15) is 0 Å². The summed E-state index contributed by atoms with van der Waals surface area (Å²) in [6.07, 6.45) is 7.11. The van der Waals surface area contributed by atoms with Crippen molar-refractivity contribution in [3.8, 4) is 0 Å². The lowest BCUT2D eigenvalue weighted by molar-refractivity contribution is 0.156. The highest BCUT2D eigenvalue weighted by molar-refractivity contribution is 7.84. The molecule has 2 amide bonds. The molecule has 2 aromatic rings. The van der Waals surface area contributed by atoms with Crippen LogP contribution < -0.4 is 5.43 Å². The van der Waals surface area contributed by atoms with Gasteiger partial charge < -0.3 is 9.80 Å². The van der Waals surface area contributed by atoms with Crippen LogP contribution in [0.3, 0.4) is 0 Å². The molecule has 152 valence electrons. The predicted molar refractivity (Wildman–Crippen MR) is 114 cm³/mol. The average Bonchev–Trinajstić information content (AvgIpc) is 3.02. The minimum atomic E-state index is -1.03. The van der Waals surface area contributed by atoms with Gasteiger partial charge in [-0.15, -0.1) is 0 Å². The third-order valence-electron chi connectivity index (χ3n) is 6.48. The van der Waals surface area contributed by atoms with Gasteiger partial charge in [-0.3, -0.25) is 8.89 Å². The summed E-state index contributed by atoms with van der Waals surface area (Å²) >= 11 is 0. The molecule has 0 spiro atoms. The summed E-state index contributed by atoms with van der Waals surface area (Å²) in [5, 5.41) is 1.20. The molecule has 0 saturated carbocycles. The first-order chi connectivity index (χ1) is 13.5. The number of hydrogen-bond acceptors (Lipinski definition) is 3. The quantitative estimate of drug-likeness (QED) is 0.855. The zero-order valence-electron chi connectivity index (χ0n) is 17.2. The lowest BCUT2D eigenvalue weighted by Crippen LogP contribution is -2.44. The topological polar surface area (TPSA) is 57.6 Å². The smallest absolute Gasteiger partial charge is 0.324 e. The van der Waals surface area contributed by atoms with E-state index in [2.05, 4.69) is 23.6 Å². The van der Waals surface area contributed by atoms with Crippen LogP contribution in [0.5, 0.6) is 0 Å². The number of urea groups is 1. The Morgan fingerprint density at radius 2 is 2.07 bits per heavy atom. The van der Waals surface area contributed by atoms with Crippen molar-refractivity contribution in [2.45, 2.75) is 50.0 Å². The predicted octanol–water partition coefficient (Wildman–Crippen LogP) is 3.12. The number of benzene rings is 1. The Hall–Kier alpha value is -1.86. The van der Waals surface area contributed by atoms with E-state index in [0.717, 1.165) is 29.8 Å². The maximum absolute atomic E-state index is 12.6. The normalized spacial score (nSPS) is 22.7. The molecule has 0 bridgehead atoms. The minimum Gasteiger partial charge on any atom is -0.324 e. The number of nitrogens with one attached hydrogen (secondary N) is 1. The van der Waals surface area contributed by atoms with E-state index >= 15 is 0 Å². The van der Waals surface area contributed by atoms with Crippen LogP contribution in [0.15, 0.2) is 23.2 Å². The second kappa shape index (κ2) is 7.52. The molecule has 1 unspecified atom stereocenters. The summed E-state index contributed by atoms with van der Waals surface area (Å²) in [6.45, 7) is 6.42. The second-order valence-corrected chi connectivity index (χ2v) is 9.29. The first kappa shape index (κ1) is 19.5. The van der Waals surface area contributed by atoms with Crippen LogP contribution in [0.2, 0.25) is 0 Å². The Kier molecular flexibility index (Phi) is 5.22. The van der Waals surface area contributed by atoms with E-state index in [4.69, 9.17) is 0 Å². The van der Waals surface area contributed by atoms with E-state index in [9.17, 15) is 9.00 Å². The number of amides is 2. The molecule has 1 aliphatic heterocycles. The maximum atomic E-state index is 12.6. The van der Waals surface area contributed by atoms with Gasteiger partial charge in [0.2, 0.25) is 0 Å². The van der Waals surface area contributed by atoms with Gasteiger partial charge in [0.25, 0.3) is 0 Å². The van der Waals surface area contributed by atoms with Crippen LogP contribution in [0.1, 0.15) is 43.7 Å². The molecule has 28 heavy (non-hydrogen) atoms. The van der Waals surface area contributed by atoms with Crippen molar-refractivity contribution in [1.29, 1.82) is 0 Å². The number of rotatable bonds is 4. The van der Waals surface area contributed by atoms with Crippen LogP contribution in [0.25, 0.3) is 10.9 Å². The highest BCUT2D eigenvalue weighted by Gasteiger charge is 2.38. The van der Waals surface area contributed by atoms with Crippen molar-refractivity contribution in [2.75, 3.05) is 38.4 Å². The number of likely N-dealkylation sites (N-methyl/N-ethyl adjacent to an activating group) is 1. The van der Waals surface area contributed by atoms with Gasteiger partial charge >= 0.3 is 6.03 Å². The van der Waals surface area contributed by atoms with Gasteiger partial charge in [0, 0.05) is 47.8 Å². The Labute approximate surface area is 169 Å². The Balaban J connectivity index is 1.85. The standard InChI is InChI=1S/C21H30N4O2S/c1-5-24(6-2)21(26)22-25-13-14-12-17-15(8-7-11-23(17)3)20-18(28(4)27)10-9-16(25)19(14)20/h9-10,13,15,17H,5-8,11-12H2,1-4H3,(H,22,26)/t15-,17+,28?/m0/s1. The van der Waals surface area contributed by atoms with Crippen molar-refractivity contribution in [2.24, 2.45) is 0 Å². The summed E-state index contributed by atoms with van der Waals surface area (Å²) in [5.74, 6) is 0.406. The maximum Gasteiger partial charge on any atom is 0.336 e. The molecule has 1 aromatic heterocycles. The molecule has 1 fully saturated rings. The third kappa shape index (κ3) is 3.05. The molecular formula is C21H30N4O2S. The van der Waals surface area contributed by atoms with Crippen molar-refractivity contribution in [1.82, 2.24) is 14.5 Å². The molecular weight excluding hydrogens is 372 g/mol. The van der Waals surface area contributed by atoms with Crippen molar-refractivity contribution in [3.05, 3.63) is 29.5 Å². The summed E-state index contributed by atoms with van der Waals surface area (Å²) < 4.78 is 14.4. The van der Waals surface area contributed by atoms with Crippen LogP contribution in [0, 0.1) is 0 Å². The van der Waals surface area contributed by atoms with E-state index < -0.39 is 10.8 Å². The fourth-order valence-electron chi connectivity index (χ4n) is 5.05. The monoisotopic (exact) mass is 402 g/mol. The van der Waals surface area contributed by atoms with Gasteiger partial charge in [0.05, 0.1) is 16.3 Å². The molecule has 7 heteroatoms. The molecule has 0 radical (unpaired) electrons. The number of likely N-dealkylation sites (tertiary alicyclic amines) is 1. The van der Waals surface area contributed by atoms with E-state index in [-0.39, 0.29) is 6.03 Å². The largest absolute Gasteiger partial charge is 0.336 e. The molecule has 1 aromatic carbocycles. The zero-order chi connectivity index (χ0) is 20.0. The average molecular weight is 403 g/mol. The SMILES string of the molecule is CCN(CC)C(=O)Nn1cc2c3c(c(S(C)=O)ccc31)[C@H]1CCCN(C)[C@@H]1C2. The van der Waals surface area contributed by atoms with E-state index in [0.29, 0.717) is 25.0 Å². The molecule has 2 heterocycles. The number of aromatic nitrogens is 1. The Morgan fingerprint density at radius 3 is 2.75 bits per heavy atom. The van der Waals surface area contributed by atoms with E-state index in [1.54, 1.807) is 11.2 Å². The van der Waals surface area contributed by atoms with Crippen molar-refractivity contribution >= 4 is 27.7 Å². The summed E-state index contributed by atoms with van der Waals surface area (Å²) in [4.78, 5) is 17.8. The number of carbonyl (C=O) groups is 1. The van der Waals surface area contributed by atoms with Gasteiger partial charge in [-0.25, -0.2) is 10.2 Å². The van der Waals surface area contributed by atoms with Gasteiger partial charge in [0.15, 0.2) is 0 Å². The summed E-state index contributed by atoms with van der Waals surface area (Å²) in [6, 6.07) is 4.35. The minimum absolute atomic E-state index is 0.0908. The molecule has 1 saturated heterocycles. The van der Waals surface area contributed by atoms with Gasteiger partial charge in [-0.2, -0.15) is 0 Å². The van der Waals surface area contributed by atoms with Crippen molar-refractivity contribution in [3.63, 3.8) is 0 Å². The lowest BCUT2D eigenvalue weighted by Gasteiger charge is -2.42. The number of nitrogens with zero attached hydrogens (tertiary/aromatic N) is 3. The van der Waals surface area contributed by atoms with Crippen LogP contribution in [0.4, 0.5) is 4.79 Å². The summed E-state index contributed by atoms with van der Waals surface area (Å²) in [5.41, 5.74) is 6.54.